The molecular weight excluding hydrogens is 272 g/mol. The van der Waals surface area contributed by atoms with Crippen LogP contribution in [0.5, 0.6) is 0 Å². The number of ether oxygens (including phenoxy) is 1. The first kappa shape index (κ1) is 15.3. The van der Waals surface area contributed by atoms with E-state index in [-0.39, 0.29) is 12.6 Å². The summed E-state index contributed by atoms with van der Waals surface area (Å²) in [6.07, 6.45) is 0. The number of methoxy groups -OCH3 is 1. The molecule has 1 aromatic carbocycles. The molecule has 1 unspecified atom stereocenters. The number of rotatable bonds is 5. The summed E-state index contributed by atoms with van der Waals surface area (Å²) in [5.74, 6) is -1.57. The predicted octanol–water partition coefficient (Wildman–Crippen LogP) is 1.76. The van der Waals surface area contributed by atoms with E-state index < -0.39 is 11.9 Å². The summed E-state index contributed by atoms with van der Waals surface area (Å²) in [6, 6.07) is 7.00. The molecule has 0 bridgehead atoms. The normalized spacial score (nSPS) is 16.7. The van der Waals surface area contributed by atoms with Crippen LogP contribution in [0.25, 0.3) is 0 Å². The number of likely N-dealkylation sites (N-methyl/N-ethyl adjacent to an activating group) is 1. The van der Waals surface area contributed by atoms with Gasteiger partial charge in [0.05, 0.1) is 6.61 Å². The van der Waals surface area contributed by atoms with Crippen molar-refractivity contribution in [2.75, 3.05) is 38.3 Å². The van der Waals surface area contributed by atoms with Crippen molar-refractivity contribution in [3.05, 3.63) is 29.8 Å². The number of hydrogen-bond acceptors (Lipinski definition) is 3. The molecule has 114 valence electrons. The molecule has 6 nitrogen and oxygen atoms in total. The molecule has 1 heterocycles. The second-order valence-electron chi connectivity index (χ2n) is 4.92. The van der Waals surface area contributed by atoms with Gasteiger partial charge in [0.1, 0.15) is 5.92 Å². The number of hydrogen-bond donors (Lipinski definition) is 1. The molecule has 1 aliphatic rings. The van der Waals surface area contributed by atoms with Gasteiger partial charge < -0.3 is 14.7 Å². The molecule has 1 aromatic rings. The summed E-state index contributed by atoms with van der Waals surface area (Å²) in [5, 5.41) is 9.33. The summed E-state index contributed by atoms with van der Waals surface area (Å²) in [5.41, 5.74) is 1.38. The SMILES string of the molecule is CCN(CCOC)C(=O)N1CC(C(=O)O)c2ccccc21. The zero-order valence-electron chi connectivity index (χ0n) is 12.3. The van der Waals surface area contributed by atoms with Gasteiger partial charge in [-0.05, 0) is 18.6 Å². The van der Waals surface area contributed by atoms with Crippen LogP contribution in [-0.4, -0.2) is 55.4 Å². The zero-order valence-corrected chi connectivity index (χ0v) is 12.3. The highest BCUT2D eigenvalue weighted by molar-refractivity contribution is 5.98. The zero-order chi connectivity index (χ0) is 15.4. The maximum absolute atomic E-state index is 12.6. The van der Waals surface area contributed by atoms with Crippen LogP contribution < -0.4 is 4.90 Å². The molecule has 1 N–H and O–H groups in total. The van der Waals surface area contributed by atoms with E-state index in [0.29, 0.717) is 30.9 Å². The van der Waals surface area contributed by atoms with Gasteiger partial charge >= 0.3 is 12.0 Å². The smallest absolute Gasteiger partial charge is 0.324 e. The lowest BCUT2D eigenvalue weighted by Gasteiger charge is -2.27. The van der Waals surface area contributed by atoms with Crippen molar-refractivity contribution in [2.24, 2.45) is 0 Å². The van der Waals surface area contributed by atoms with Crippen LogP contribution in [0.4, 0.5) is 10.5 Å². The highest BCUT2D eigenvalue weighted by Crippen LogP contribution is 2.36. The number of urea groups is 1. The Kier molecular flexibility index (Phi) is 4.80. The lowest BCUT2D eigenvalue weighted by atomic mass is 10.0. The second-order valence-corrected chi connectivity index (χ2v) is 4.92. The van der Waals surface area contributed by atoms with Crippen molar-refractivity contribution in [3.8, 4) is 0 Å². The van der Waals surface area contributed by atoms with Gasteiger partial charge in [-0.3, -0.25) is 9.69 Å². The predicted molar refractivity (Wildman–Crippen MR) is 78.7 cm³/mol. The van der Waals surface area contributed by atoms with E-state index in [1.807, 2.05) is 13.0 Å². The van der Waals surface area contributed by atoms with Gasteiger partial charge in [-0.2, -0.15) is 0 Å². The Morgan fingerprint density at radius 2 is 2.14 bits per heavy atom. The minimum absolute atomic E-state index is 0.175. The second kappa shape index (κ2) is 6.58. The molecule has 0 radical (unpaired) electrons. The number of amides is 2. The minimum Gasteiger partial charge on any atom is -0.481 e. The minimum atomic E-state index is -0.905. The topological polar surface area (TPSA) is 70.1 Å². The Labute approximate surface area is 123 Å². The number of nitrogens with zero attached hydrogens (tertiary/aromatic N) is 2. The fraction of sp³-hybridized carbons (Fsp3) is 0.467. The first-order valence-electron chi connectivity index (χ1n) is 6.97. The number of carbonyl (C=O) groups excluding carboxylic acids is 1. The van der Waals surface area contributed by atoms with Gasteiger partial charge in [-0.15, -0.1) is 0 Å². The number of carboxylic acid groups (broad SMARTS) is 1. The van der Waals surface area contributed by atoms with Gasteiger partial charge in [-0.1, -0.05) is 18.2 Å². The summed E-state index contributed by atoms with van der Waals surface area (Å²) in [6.45, 7) is 3.57. The van der Waals surface area contributed by atoms with Gasteiger partial charge in [0.2, 0.25) is 0 Å². The van der Waals surface area contributed by atoms with Crippen molar-refractivity contribution in [3.63, 3.8) is 0 Å². The maximum atomic E-state index is 12.6. The fourth-order valence-electron chi connectivity index (χ4n) is 2.56. The summed E-state index contributed by atoms with van der Waals surface area (Å²) < 4.78 is 5.01. The van der Waals surface area contributed by atoms with Crippen molar-refractivity contribution in [2.45, 2.75) is 12.8 Å². The van der Waals surface area contributed by atoms with E-state index in [9.17, 15) is 14.7 Å². The van der Waals surface area contributed by atoms with Crippen molar-refractivity contribution >= 4 is 17.7 Å². The molecule has 0 spiro atoms. The molecule has 2 rings (SSSR count). The average Bonchev–Trinajstić information content (AvgIpc) is 2.87. The highest BCUT2D eigenvalue weighted by Gasteiger charge is 2.37. The molecule has 1 atom stereocenters. The Morgan fingerprint density at radius 1 is 1.43 bits per heavy atom. The van der Waals surface area contributed by atoms with Crippen LogP contribution in [0.1, 0.15) is 18.4 Å². The molecule has 1 aliphatic heterocycles. The molecule has 0 saturated carbocycles. The van der Waals surface area contributed by atoms with E-state index in [4.69, 9.17) is 4.74 Å². The number of aliphatic carboxylic acids is 1. The molecule has 0 saturated heterocycles. The largest absolute Gasteiger partial charge is 0.481 e. The van der Waals surface area contributed by atoms with Crippen LogP contribution >= 0.6 is 0 Å². The first-order valence-corrected chi connectivity index (χ1v) is 6.97. The van der Waals surface area contributed by atoms with Gasteiger partial charge in [0.15, 0.2) is 0 Å². The Balaban J connectivity index is 2.24. The van der Waals surface area contributed by atoms with E-state index in [1.165, 1.54) is 0 Å². The van der Waals surface area contributed by atoms with Crippen LogP contribution in [0.3, 0.4) is 0 Å². The standard InChI is InChI=1S/C15H20N2O4/c1-3-16(8-9-21-2)15(20)17-10-12(14(18)19)11-6-4-5-7-13(11)17/h4-7,12H,3,8-10H2,1-2H3,(H,18,19). The molecule has 0 fully saturated rings. The average molecular weight is 292 g/mol. The van der Waals surface area contributed by atoms with Crippen molar-refractivity contribution < 1.29 is 19.4 Å². The third kappa shape index (κ3) is 3.00. The number of anilines is 1. The molecule has 6 heteroatoms. The lowest BCUT2D eigenvalue weighted by molar-refractivity contribution is -0.138. The Bertz CT molecular complexity index is 532. The van der Waals surface area contributed by atoms with Crippen LogP contribution in [-0.2, 0) is 9.53 Å². The fourth-order valence-corrected chi connectivity index (χ4v) is 2.56. The number of benzene rings is 1. The Morgan fingerprint density at radius 3 is 2.76 bits per heavy atom. The van der Waals surface area contributed by atoms with E-state index in [2.05, 4.69) is 0 Å². The van der Waals surface area contributed by atoms with Gasteiger partial charge in [0, 0.05) is 32.4 Å². The number of carboxylic acids is 1. The van der Waals surface area contributed by atoms with Crippen LogP contribution in [0.2, 0.25) is 0 Å². The van der Waals surface area contributed by atoms with E-state index in [0.717, 1.165) is 0 Å². The van der Waals surface area contributed by atoms with Crippen molar-refractivity contribution in [1.82, 2.24) is 4.90 Å². The highest BCUT2D eigenvalue weighted by atomic mass is 16.5. The number of carbonyl (C=O) groups is 2. The third-order valence-electron chi connectivity index (χ3n) is 3.71. The summed E-state index contributed by atoms with van der Waals surface area (Å²) in [7, 11) is 1.59. The summed E-state index contributed by atoms with van der Waals surface area (Å²) >= 11 is 0. The van der Waals surface area contributed by atoms with E-state index >= 15 is 0 Å². The number of para-hydroxylation sites is 1. The monoisotopic (exact) mass is 292 g/mol. The molecule has 0 aliphatic carbocycles. The quantitative estimate of drug-likeness (QED) is 0.898. The molecule has 21 heavy (non-hydrogen) atoms. The van der Waals surface area contributed by atoms with Gasteiger partial charge in [0.25, 0.3) is 0 Å². The maximum Gasteiger partial charge on any atom is 0.324 e. The molecule has 2 amide bonds. The molecular formula is C15H20N2O4. The first-order chi connectivity index (χ1) is 10.1. The molecule has 0 aromatic heterocycles. The van der Waals surface area contributed by atoms with E-state index in [1.54, 1.807) is 35.1 Å². The van der Waals surface area contributed by atoms with Crippen LogP contribution in [0, 0.1) is 0 Å². The van der Waals surface area contributed by atoms with Crippen LogP contribution in [0.15, 0.2) is 24.3 Å². The number of fused-ring (bicyclic) bond motifs is 1. The van der Waals surface area contributed by atoms with Gasteiger partial charge in [-0.25, -0.2) is 4.79 Å². The summed E-state index contributed by atoms with van der Waals surface area (Å²) in [4.78, 5) is 27.2. The Hall–Kier alpha value is -2.08. The van der Waals surface area contributed by atoms with Crippen molar-refractivity contribution in [1.29, 1.82) is 0 Å². The third-order valence-corrected chi connectivity index (χ3v) is 3.71. The lowest BCUT2D eigenvalue weighted by Crippen LogP contribution is -2.44.